The predicted molar refractivity (Wildman–Crippen MR) is 99.2 cm³/mol. The quantitative estimate of drug-likeness (QED) is 0.918. The molecule has 1 N–H and O–H groups in total. The van der Waals surface area contributed by atoms with Crippen molar-refractivity contribution in [3.63, 3.8) is 0 Å². The average molecular weight is 323 g/mol. The van der Waals surface area contributed by atoms with E-state index in [2.05, 4.69) is 34.5 Å². The fraction of sp³-hybridized carbons (Fsp3) is 0.350. The van der Waals surface area contributed by atoms with Crippen molar-refractivity contribution >= 4 is 17.3 Å². The van der Waals surface area contributed by atoms with Crippen molar-refractivity contribution in [3.8, 4) is 0 Å². The van der Waals surface area contributed by atoms with Gasteiger partial charge in [0, 0.05) is 38.6 Å². The first kappa shape index (κ1) is 16.5. The van der Waals surface area contributed by atoms with E-state index in [4.69, 9.17) is 0 Å². The van der Waals surface area contributed by atoms with Crippen molar-refractivity contribution in [3.05, 3.63) is 60.2 Å². The summed E-state index contributed by atoms with van der Waals surface area (Å²) in [6.07, 6.45) is 0.925. The number of nitrogens with zero attached hydrogens (tertiary/aromatic N) is 2. The summed E-state index contributed by atoms with van der Waals surface area (Å²) in [5.41, 5.74) is 3.30. The molecule has 0 saturated carbocycles. The average Bonchev–Trinajstić information content (AvgIpc) is 3.05. The van der Waals surface area contributed by atoms with Crippen LogP contribution < -0.4 is 10.2 Å². The third-order valence-electron chi connectivity index (χ3n) is 4.54. The predicted octanol–water partition coefficient (Wildman–Crippen LogP) is 3.21. The van der Waals surface area contributed by atoms with Crippen molar-refractivity contribution in [1.29, 1.82) is 0 Å². The third-order valence-corrected chi connectivity index (χ3v) is 4.54. The van der Waals surface area contributed by atoms with E-state index in [0.29, 0.717) is 0 Å². The molecule has 0 aliphatic carbocycles. The Morgan fingerprint density at radius 2 is 1.83 bits per heavy atom. The molecule has 1 aliphatic rings. The zero-order chi connectivity index (χ0) is 16.9. The van der Waals surface area contributed by atoms with Gasteiger partial charge in [0.2, 0.25) is 5.91 Å². The van der Waals surface area contributed by atoms with Gasteiger partial charge >= 0.3 is 0 Å². The largest absolute Gasteiger partial charge is 0.378 e. The number of benzene rings is 2. The van der Waals surface area contributed by atoms with Crippen LogP contribution >= 0.6 is 0 Å². The summed E-state index contributed by atoms with van der Waals surface area (Å²) in [6.45, 7) is 2.73. The number of amides is 1. The standard InChI is InChI=1S/C20H25N3O/c1-22(2)19-10-8-18(9-11-19)21-20(24)17-12-13-23(15-17)14-16-6-4-3-5-7-16/h3-11,17H,12-15H2,1-2H3,(H,21,24). The number of carbonyl (C=O) groups excluding carboxylic acids is 1. The van der Waals surface area contributed by atoms with Gasteiger partial charge in [-0.3, -0.25) is 9.69 Å². The molecular formula is C20H25N3O. The van der Waals surface area contributed by atoms with E-state index < -0.39 is 0 Å². The van der Waals surface area contributed by atoms with Gasteiger partial charge < -0.3 is 10.2 Å². The Balaban J connectivity index is 1.52. The van der Waals surface area contributed by atoms with Gasteiger partial charge in [0.25, 0.3) is 0 Å². The molecule has 0 bridgehead atoms. The Kier molecular flexibility index (Phi) is 5.16. The molecule has 1 fully saturated rings. The normalized spacial score (nSPS) is 17.7. The van der Waals surface area contributed by atoms with Crippen LogP contribution in [0.4, 0.5) is 11.4 Å². The van der Waals surface area contributed by atoms with Gasteiger partial charge in [0.1, 0.15) is 0 Å². The van der Waals surface area contributed by atoms with Crippen LogP contribution in [-0.2, 0) is 11.3 Å². The lowest BCUT2D eigenvalue weighted by Gasteiger charge is -2.16. The van der Waals surface area contributed by atoms with Crippen molar-refractivity contribution in [2.24, 2.45) is 5.92 Å². The number of carbonyl (C=O) groups is 1. The molecule has 0 spiro atoms. The molecule has 2 aromatic rings. The maximum Gasteiger partial charge on any atom is 0.228 e. The second kappa shape index (κ2) is 7.49. The molecule has 0 aromatic heterocycles. The van der Waals surface area contributed by atoms with Crippen LogP contribution in [0.25, 0.3) is 0 Å². The van der Waals surface area contributed by atoms with Crippen LogP contribution in [0, 0.1) is 5.92 Å². The summed E-state index contributed by atoms with van der Waals surface area (Å²) < 4.78 is 0. The number of anilines is 2. The van der Waals surface area contributed by atoms with E-state index in [9.17, 15) is 4.79 Å². The Morgan fingerprint density at radius 3 is 2.50 bits per heavy atom. The molecule has 3 rings (SSSR count). The Hall–Kier alpha value is -2.33. The number of hydrogen-bond donors (Lipinski definition) is 1. The molecule has 1 unspecified atom stereocenters. The number of rotatable bonds is 5. The fourth-order valence-electron chi connectivity index (χ4n) is 3.12. The Labute approximate surface area is 144 Å². The molecule has 24 heavy (non-hydrogen) atoms. The van der Waals surface area contributed by atoms with Gasteiger partial charge in [-0.1, -0.05) is 30.3 Å². The Morgan fingerprint density at radius 1 is 1.12 bits per heavy atom. The first-order valence-corrected chi connectivity index (χ1v) is 8.46. The molecule has 1 atom stereocenters. The summed E-state index contributed by atoms with van der Waals surface area (Å²) in [7, 11) is 4.01. The summed E-state index contributed by atoms with van der Waals surface area (Å²) in [5.74, 6) is 0.199. The molecule has 0 radical (unpaired) electrons. The number of likely N-dealkylation sites (tertiary alicyclic amines) is 1. The van der Waals surface area contributed by atoms with Gasteiger partial charge in [0.15, 0.2) is 0 Å². The summed E-state index contributed by atoms with van der Waals surface area (Å²) in [6, 6.07) is 18.4. The lowest BCUT2D eigenvalue weighted by Crippen LogP contribution is -2.26. The van der Waals surface area contributed by atoms with Crippen molar-refractivity contribution in [2.45, 2.75) is 13.0 Å². The summed E-state index contributed by atoms with van der Waals surface area (Å²) in [5, 5.41) is 3.05. The van der Waals surface area contributed by atoms with E-state index in [0.717, 1.165) is 37.4 Å². The maximum atomic E-state index is 12.5. The molecule has 1 saturated heterocycles. The topological polar surface area (TPSA) is 35.6 Å². The van der Waals surface area contributed by atoms with E-state index in [1.165, 1.54) is 5.56 Å². The van der Waals surface area contributed by atoms with Gasteiger partial charge in [-0.15, -0.1) is 0 Å². The highest BCUT2D eigenvalue weighted by Crippen LogP contribution is 2.21. The van der Waals surface area contributed by atoms with Crippen LogP contribution in [0.5, 0.6) is 0 Å². The lowest BCUT2D eigenvalue weighted by molar-refractivity contribution is -0.119. The van der Waals surface area contributed by atoms with E-state index in [-0.39, 0.29) is 11.8 Å². The molecule has 4 heteroatoms. The molecule has 1 aliphatic heterocycles. The molecule has 1 heterocycles. The highest BCUT2D eigenvalue weighted by molar-refractivity contribution is 5.93. The number of hydrogen-bond acceptors (Lipinski definition) is 3. The van der Waals surface area contributed by atoms with Crippen LogP contribution in [0.3, 0.4) is 0 Å². The van der Waals surface area contributed by atoms with E-state index in [1.807, 2.05) is 49.3 Å². The highest BCUT2D eigenvalue weighted by atomic mass is 16.1. The van der Waals surface area contributed by atoms with Gasteiger partial charge in [0.05, 0.1) is 5.92 Å². The maximum absolute atomic E-state index is 12.5. The van der Waals surface area contributed by atoms with Gasteiger partial charge in [-0.25, -0.2) is 0 Å². The highest BCUT2D eigenvalue weighted by Gasteiger charge is 2.28. The zero-order valence-electron chi connectivity index (χ0n) is 14.4. The number of nitrogens with one attached hydrogen (secondary N) is 1. The van der Waals surface area contributed by atoms with Crippen LogP contribution in [-0.4, -0.2) is 38.0 Å². The Bertz CT molecular complexity index is 667. The molecular weight excluding hydrogens is 298 g/mol. The molecule has 1 amide bonds. The van der Waals surface area contributed by atoms with Crippen molar-refractivity contribution in [2.75, 3.05) is 37.4 Å². The van der Waals surface area contributed by atoms with E-state index >= 15 is 0 Å². The van der Waals surface area contributed by atoms with Gasteiger partial charge in [-0.05, 0) is 42.8 Å². The minimum atomic E-state index is 0.0715. The van der Waals surface area contributed by atoms with Crippen LogP contribution in [0.15, 0.2) is 54.6 Å². The van der Waals surface area contributed by atoms with Crippen molar-refractivity contribution in [1.82, 2.24) is 4.90 Å². The lowest BCUT2D eigenvalue weighted by atomic mass is 10.1. The summed E-state index contributed by atoms with van der Waals surface area (Å²) >= 11 is 0. The first-order valence-electron chi connectivity index (χ1n) is 8.46. The SMILES string of the molecule is CN(C)c1ccc(NC(=O)C2CCN(Cc3ccccc3)C2)cc1. The van der Waals surface area contributed by atoms with Crippen LogP contribution in [0.1, 0.15) is 12.0 Å². The fourth-order valence-corrected chi connectivity index (χ4v) is 3.12. The molecule has 2 aromatic carbocycles. The zero-order valence-corrected chi connectivity index (χ0v) is 14.4. The van der Waals surface area contributed by atoms with Crippen LogP contribution in [0.2, 0.25) is 0 Å². The van der Waals surface area contributed by atoms with Crippen molar-refractivity contribution < 1.29 is 4.79 Å². The molecule has 126 valence electrons. The first-order chi connectivity index (χ1) is 11.6. The smallest absolute Gasteiger partial charge is 0.228 e. The third kappa shape index (κ3) is 4.15. The van der Waals surface area contributed by atoms with Gasteiger partial charge in [-0.2, -0.15) is 0 Å². The summed E-state index contributed by atoms with van der Waals surface area (Å²) in [4.78, 5) is 16.9. The van der Waals surface area contributed by atoms with E-state index in [1.54, 1.807) is 0 Å². The minimum Gasteiger partial charge on any atom is -0.378 e. The second-order valence-corrected chi connectivity index (χ2v) is 6.64. The monoisotopic (exact) mass is 323 g/mol. The molecule has 4 nitrogen and oxygen atoms in total. The minimum absolute atomic E-state index is 0.0715. The second-order valence-electron chi connectivity index (χ2n) is 6.64.